The van der Waals surface area contributed by atoms with Crippen LogP contribution in [0.1, 0.15) is 71.1 Å². The molecule has 2 N–H and O–H groups in total. The molecule has 0 spiro atoms. The monoisotopic (exact) mass is 320 g/mol. The van der Waals surface area contributed by atoms with Gasteiger partial charge in [-0.25, -0.2) is 10.0 Å². The minimum Gasteiger partial charge on any atom is -0.328 e. The number of allylic oxidation sites excluding steroid dienone is 1. The molecule has 0 aromatic rings. The minimum absolute atomic E-state index is 0.564. The van der Waals surface area contributed by atoms with Gasteiger partial charge in [0.1, 0.15) is 11.7 Å². The van der Waals surface area contributed by atoms with Gasteiger partial charge < -0.3 is 5.32 Å². The molecule has 0 amide bonds. The lowest BCUT2D eigenvalue weighted by Crippen LogP contribution is -2.45. The van der Waals surface area contributed by atoms with E-state index in [-0.39, 0.29) is 0 Å². The predicted octanol–water partition coefficient (Wildman–Crippen LogP) is 4.37. The van der Waals surface area contributed by atoms with Gasteiger partial charge in [-0.1, -0.05) is 64.9 Å². The van der Waals surface area contributed by atoms with Gasteiger partial charge in [0, 0.05) is 12.5 Å². The lowest BCUT2D eigenvalue weighted by Gasteiger charge is -2.26. The molecular formula is C17H28N4S. The van der Waals surface area contributed by atoms with Gasteiger partial charge in [0.05, 0.1) is 5.70 Å². The summed E-state index contributed by atoms with van der Waals surface area (Å²) in [4.78, 5) is 4.45. The van der Waals surface area contributed by atoms with Crippen molar-refractivity contribution in [2.75, 3.05) is 0 Å². The summed E-state index contributed by atoms with van der Waals surface area (Å²) >= 11 is 5.30. The maximum Gasteiger partial charge on any atom is 0.222 e. The average molecular weight is 321 g/mol. The molecule has 0 saturated heterocycles. The molecule has 0 bridgehead atoms. The number of thiocarbonyl (C=S) groups is 1. The number of unbranched alkanes of at least 4 members (excludes halogenated alkanes) is 8. The van der Waals surface area contributed by atoms with Crippen molar-refractivity contribution in [1.29, 1.82) is 0 Å². The van der Waals surface area contributed by atoms with Gasteiger partial charge in [0.25, 0.3) is 0 Å². The van der Waals surface area contributed by atoms with Gasteiger partial charge >= 0.3 is 0 Å². The molecule has 0 radical (unpaired) electrons. The summed E-state index contributed by atoms with van der Waals surface area (Å²) in [6, 6.07) is 0. The molecule has 0 aromatic carbocycles. The molecule has 122 valence electrons. The highest BCUT2D eigenvalue weighted by Crippen LogP contribution is 2.17. The van der Waals surface area contributed by atoms with Gasteiger partial charge in [0.2, 0.25) is 5.11 Å². The molecule has 0 saturated carbocycles. The number of nitrogens with zero attached hydrogens (tertiary/aromatic N) is 2. The van der Waals surface area contributed by atoms with Crippen LogP contribution in [0.25, 0.3) is 0 Å². The van der Waals surface area contributed by atoms with Crippen LogP contribution < -0.4 is 10.7 Å². The van der Waals surface area contributed by atoms with Gasteiger partial charge in [-0.2, -0.15) is 0 Å². The summed E-state index contributed by atoms with van der Waals surface area (Å²) in [5.74, 6) is 1.92. The quantitative estimate of drug-likeness (QED) is 0.463. The Bertz CT molecular complexity index is 467. The van der Waals surface area contributed by atoms with E-state index in [2.05, 4.69) is 29.2 Å². The molecule has 4 nitrogen and oxygen atoms in total. The van der Waals surface area contributed by atoms with E-state index in [4.69, 9.17) is 12.2 Å². The van der Waals surface area contributed by atoms with Crippen LogP contribution in [0.2, 0.25) is 0 Å². The van der Waals surface area contributed by atoms with Gasteiger partial charge in [-0.15, -0.1) is 0 Å². The van der Waals surface area contributed by atoms with Crippen LogP contribution in [0.3, 0.4) is 0 Å². The highest BCUT2D eigenvalue weighted by atomic mass is 32.1. The molecule has 5 heteroatoms. The Morgan fingerprint density at radius 3 is 2.41 bits per heavy atom. The fraction of sp³-hybridized carbons (Fsp3) is 0.647. The summed E-state index contributed by atoms with van der Waals surface area (Å²) in [7, 11) is 0. The largest absolute Gasteiger partial charge is 0.328 e. The van der Waals surface area contributed by atoms with Crippen LogP contribution in [-0.4, -0.2) is 16.0 Å². The number of nitrogens with one attached hydrogen (secondary N) is 2. The van der Waals surface area contributed by atoms with E-state index < -0.39 is 0 Å². The van der Waals surface area contributed by atoms with Gasteiger partial charge in [0.15, 0.2) is 0 Å². The van der Waals surface area contributed by atoms with E-state index >= 15 is 0 Å². The molecule has 2 aliphatic rings. The van der Waals surface area contributed by atoms with E-state index in [1.165, 1.54) is 57.8 Å². The third-order valence-electron chi connectivity index (χ3n) is 4.02. The first-order valence-corrected chi connectivity index (χ1v) is 8.97. The summed E-state index contributed by atoms with van der Waals surface area (Å²) in [5.41, 5.74) is 3.90. The molecule has 2 heterocycles. The molecular weight excluding hydrogens is 292 g/mol. The Labute approximate surface area is 139 Å². The van der Waals surface area contributed by atoms with Crippen molar-refractivity contribution >= 4 is 23.2 Å². The van der Waals surface area contributed by atoms with Crippen LogP contribution in [0, 0.1) is 0 Å². The molecule has 0 aromatic heterocycles. The molecule has 0 aliphatic carbocycles. The van der Waals surface area contributed by atoms with E-state index in [1.807, 2.05) is 6.08 Å². The van der Waals surface area contributed by atoms with Crippen molar-refractivity contribution < 1.29 is 0 Å². The molecule has 0 atom stereocenters. The first-order valence-electron chi connectivity index (χ1n) is 8.56. The van der Waals surface area contributed by atoms with Crippen LogP contribution in [0.15, 0.2) is 29.2 Å². The molecule has 22 heavy (non-hydrogen) atoms. The summed E-state index contributed by atoms with van der Waals surface area (Å²) in [6.45, 7) is 6.14. The molecule has 0 unspecified atom stereocenters. The average Bonchev–Trinajstić information content (AvgIpc) is 2.86. The highest BCUT2D eigenvalue weighted by molar-refractivity contribution is 7.80. The minimum atomic E-state index is 0.564. The summed E-state index contributed by atoms with van der Waals surface area (Å²) in [6.07, 6.45) is 15.0. The third kappa shape index (κ3) is 5.13. The third-order valence-corrected chi connectivity index (χ3v) is 4.29. The molecule has 0 fully saturated rings. The van der Waals surface area contributed by atoms with Crippen molar-refractivity contribution in [3.8, 4) is 0 Å². The number of rotatable bonds is 10. The number of hydrogen-bond donors (Lipinski definition) is 2. The van der Waals surface area contributed by atoms with Crippen LogP contribution in [0.5, 0.6) is 0 Å². The number of fused-ring (bicyclic) bond motifs is 1. The SMILES string of the molecule is C=C1C=C2NC(CCCCCCCCCCC)=NC(=S)N2N1. The zero-order valence-corrected chi connectivity index (χ0v) is 14.5. The van der Waals surface area contributed by atoms with E-state index in [9.17, 15) is 0 Å². The van der Waals surface area contributed by atoms with Crippen LogP contribution >= 0.6 is 12.2 Å². The Morgan fingerprint density at radius 2 is 1.73 bits per heavy atom. The first-order chi connectivity index (χ1) is 10.7. The Kier molecular flexibility index (Phi) is 6.90. The summed E-state index contributed by atoms with van der Waals surface area (Å²) < 4.78 is 0. The molecule has 2 rings (SSSR count). The second kappa shape index (κ2) is 8.93. The Morgan fingerprint density at radius 1 is 1.09 bits per heavy atom. The number of hydrazine groups is 1. The standard InChI is InChI=1S/C17H28N4S/c1-3-4-5-6-7-8-9-10-11-12-15-18-16-13-14(2)20-21(16)17(22)19-15/h13,20H,2-12H2,1H3,(H,18,19,22). The van der Waals surface area contributed by atoms with Crippen molar-refractivity contribution in [1.82, 2.24) is 15.8 Å². The zero-order chi connectivity index (χ0) is 15.8. The van der Waals surface area contributed by atoms with Gasteiger partial charge in [-0.3, -0.25) is 5.43 Å². The van der Waals surface area contributed by atoms with E-state index in [1.54, 1.807) is 5.01 Å². The van der Waals surface area contributed by atoms with Crippen LogP contribution in [-0.2, 0) is 0 Å². The second-order valence-corrected chi connectivity index (χ2v) is 6.41. The van der Waals surface area contributed by atoms with Crippen molar-refractivity contribution in [3.05, 3.63) is 24.2 Å². The first kappa shape index (κ1) is 17.0. The number of amidine groups is 1. The fourth-order valence-corrected chi connectivity index (χ4v) is 3.03. The number of hydrogen-bond acceptors (Lipinski definition) is 3. The summed E-state index contributed by atoms with van der Waals surface area (Å²) in [5, 5.41) is 5.65. The fourth-order valence-electron chi connectivity index (χ4n) is 2.77. The Balaban J connectivity index is 1.58. The Hall–Kier alpha value is -1.36. The topological polar surface area (TPSA) is 39.7 Å². The van der Waals surface area contributed by atoms with E-state index in [0.29, 0.717) is 5.11 Å². The smallest absolute Gasteiger partial charge is 0.222 e. The number of aliphatic imine (C=N–C) groups is 1. The van der Waals surface area contributed by atoms with Crippen molar-refractivity contribution in [2.45, 2.75) is 71.1 Å². The van der Waals surface area contributed by atoms with E-state index in [0.717, 1.165) is 23.8 Å². The maximum absolute atomic E-state index is 5.30. The zero-order valence-electron chi connectivity index (χ0n) is 13.7. The maximum atomic E-state index is 5.30. The lowest BCUT2D eigenvalue weighted by atomic mass is 10.1. The normalized spacial score (nSPS) is 16.9. The van der Waals surface area contributed by atoms with Gasteiger partial charge in [-0.05, 0) is 18.6 Å². The van der Waals surface area contributed by atoms with Crippen molar-refractivity contribution in [3.63, 3.8) is 0 Å². The lowest BCUT2D eigenvalue weighted by molar-refractivity contribution is 0.436. The second-order valence-electron chi connectivity index (χ2n) is 6.05. The van der Waals surface area contributed by atoms with Crippen LogP contribution in [0.4, 0.5) is 0 Å². The predicted molar refractivity (Wildman–Crippen MR) is 97.2 cm³/mol. The van der Waals surface area contributed by atoms with Crippen molar-refractivity contribution in [2.24, 2.45) is 4.99 Å². The molecule has 2 aliphatic heterocycles. The highest BCUT2D eigenvalue weighted by Gasteiger charge is 2.25.